The summed E-state index contributed by atoms with van der Waals surface area (Å²) in [5.74, 6) is -0.422. The molecule has 0 atom stereocenters. The topological polar surface area (TPSA) is 63.3 Å². The fourth-order valence-corrected chi connectivity index (χ4v) is 1.01. The van der Waals surface area contributed by atoms with Crippen LogP contribution in [0, 0.1) is 6.42 Å². The first-order valence-corrected chi connectivity index (χ1v) is 4.08. The molecule has 0 fully saturated rings. The van der Waals surface area contributed by atoms with Gasteiger partial charge in [0.25, 0.3) is 0 Å². The van der Waals surface area contributed by atoms with Crippen LogP contribution in [0.3, 0.4) is 0 Å². The van der Waals surface area contributed by atoms with Crippen molar-refractivity contribution in [2.75, 3.05) is 6.61 Å². The van der Waals surface area contributed by atoms with Crippen LogP contribution in [0.5, 0.6) is 0 Å². The molecule has 0 unspecified atom stereocenters. The van der Waals surface area contributed by atoms with Gasteiger partial charge in [0.1, 0.15) is 0 Å². The van der Waals surface area contributed by atoms with E-state index in [-0.39, 0.29) is 6.61 Å². The van der Waals surface area contributed by atoms with E-state index in [9.17, 15) is 4.79 Å². The molecule has 3 N–H and O–H groups in total. The van der Waals surface area contributed by atoms with Gasteiger partial charge in [0.15, 0.2) is 0 Å². The second-order valence-corrected chi connectivity index (χ2v) is 2.70. The molecule has 0 heterocycles. The van der Waals surface area contributed by atoms with Gasteiger partial charge in [-0.3, -0.25) is 4.79 Å². The molecule has 0 saturated carbocycles. The average Bonchev–Trinajstić information content (AvgIpc) is 2.15. The molecule has 1 rings (SSSR count). The molecule has 0 saturated heterocycles. The van der Waals surface area contributed by atoms with E-state index in [1.165, 1.54) is 0 Å². The van der Waals surface area contributed by atoms with Crippen LogP contribution in [0.2, 0.25) is 0 Å². The minimum absolute atomic E-state index is 0.136. The molecule has 69 valence electrons. The van der Waals surface area contributed by atoms with Gasteiger partial charge >= 0.3 is 0 Å². The standard InChI is InChI=1S/C10H12NO2/c11-10(13)9-5-3-8(4-6-9)2-1-7-12/h2-6,12H,1,7H2,(H2,11,13). The molecule has 1 aromatic rings. The van der Waals surface area contributed by atoms with Crippen LogP contribution in [0.15, 0.2) is 24.3 Å². The van der Waals surface area contributed by atoms with E-state index in [2.05, 4.69) is 0 Å². The van der Waals surface area contributed by atoms with Crippen molar-refractivity contribution in [1.29, 1.82) is 0 Å². The zero-order chi connectivity index (χ0) is 9.68. The van der Waals surface area contributed by atoms with Crippen molar-refractivity contribution < 1.29 is 9.90 Å². The van der Waals surface area contributed by atoms with Crippen molar-refractivity contribution in [2.24, 2.45) is 5.73 Å². The molecular formula is C10H12NO2. The van der Waals surface area contributed by atoms with E-state index < -0.39 is 5.91 Å². The number of carbonyl (C=O) groups excluding carboxylic acids is 1. The summed E-state index contributed by atoms with van der Waals surface area (Å²) in [6.45, 7) is 0.136. The Kier molecular flexibility index (Phi) is 3.46. The minimum atomic E-state index is -0.422. The lowest BCUT2D eigenvalue weighted by Crippen LogP contribution is -2.10. The largest absolute Gasteiger partial charge is 0.396 e. The van der Waals surface area contributed by atoms with Crippen molar-refractivity contribution in [3.63, 3.8) is 0 Å². The third kappa shape index (κ3) is 2.87. The first kappa shape index (κ1) is 9.74. The summed E-state index contributed by atoms with van der Waals surface area (Å²) >= 11 is 0. The van der Waals surface area contributed by atoms with E-state index in [0.29, 0.717) is 12.0 Å². The van der Waals surface area contributed by atoms with E-state index in [4.69, 9.17) is 10.8 Å². The molecule has 0 aliphatic heterocycles. The van der Waals surface area contributed by atoms with Gasteiger partial charge < -0.3 is 10.8 Å². The van der Waals surface area contributed by atoms with E-state index in [0.717, 1.165) is 5.56 Å². The average molecular weight is 178 g/mol. The lowest BCUT2D eigenvalue weighted by atomic mass is 10.1. The Morgan fingerprint density at radius 3 is 2.46 bits per heavy atom. The van der Waals surface area contributed by atoms with Crippen LogP contribution < -0.4 is 5.73 Å². The lowest BCUT2D eigenvalue weighted by Gasteiger charge is -1.99. The highest BCUT2D eigenvalue weighted by molar-refractivity contribution is 5.92. The van der Waals surface area contributed by atoms with Crippen LogP contribution in [0.1, 0.15) is 22.3 Å². The minimum Gasteiger partial charge on any atom is -0.396 e. The Morgan fingerprint density at radius 1 is 1.38 bits per heavy atom. The maximum absolute atomic E-state index is 10.7. The molecular weight excluding hydrogens is 166 g/mol. The van der Waals surface area contributed by atoms with Crippen molar-refractivity contribution in [1.82, 2.24) is 0 Å². The van der Waals surface area contributed by atoms with Gasteiger partial charge in [-0.25, -0.2) is 0 Å². The SMILES string of the molecule is NC(=O)c1ccc([CH]CCO)cc1. The second kappa shape index (κ2) is 4.62. The molecule has 1 amide bonds. The van der Waals surface area contributed by atoms with Crippen LogP contribution in [0.25, 0.3) is 0 Å². The third-order valence-electron chi connectivity index (χ3n) is 1.70. The molecule has 13 heavy (non-hydrogen) atoms. The number of rotatable bonds is 4. The van der Waals surface area contributed by atoms with E-state index in [1.807, 2.05) is 6.42 Å². The highest BCUT2D eigenvalue weighted by atomic mass is 16.2. The van der Waals surface area contributed by atoms with Crippen LogP contribution in [0.4, 0.5) is 0 Å². The normalized spacial score (nSPS) is 9.92. The number of aliphatic hydroxyl groups excluding tert-OH is 1. The zero-order valence-corrected chi connectivity index (χ0v) is 7.23. The molecule has 3 heteroatoms. The number of carbonyl (C=O) groups is 1. The summed E-state index contributed by atoms with van der Waals surface area (Å²) in [5.41, 5.74) is 6.56. The van der Waals surface area contributed by atoms with Crippen molar-refractivity contribution in [3.05, 3.63) is 41.8 Å². The maximum Gasteiger partial charge on any atom is 0.248 e. The number of benzene rings is 1. The summed E-state index contributed by atoms with van der Waals surface area (Å²) in [4.78, 5) is 10.7. The number of aliphatic hydroxyl groups is 1. The fourth-order valence-electron chi connectivity index (χ4n) is 1.01. The third-order valence-corrected chi connectivity index (χ3v) is 1.70. The summed E-state index contributed by atoms with van der Waals surface area (Å²) < 4.78 is 0. The highest BCUT2D eigenvalue weighted by Gasteiger charge is 1.99. The van der Waals surface area contributed by atoms with Gasteiger partial charge in [-0.15, -0.1) is 0 Å². The molecule has 0 aliphatic rings. The quantitative estimate of drug-likeness (QED) is 0.713. The molecule has 0 spiro atoms. The lowest BCUT2D eigenvalue weighted by molar-refractivity contribution is 0.100. The summed E-state index contributed by atoms with van der Waals surface area (Å²) in [5, 5.41) is 8.57. The van der Waals surface area contributed by atoms with Crippen molar-refractivity contribution in [2.45, 2.75) is 6.42 Å². The predicted molar refractivity (Wildman–Crippen MR) is 50.1 cm³/mol. The summed E-state index contributed by atoms with van der Waals surface area (Å²) in [7, 11) is 0. The van der Waals surface area contributed by atoms with Gasteiger partial charge in [-0.05, 0) is 30.5 Å². The van der Waals surface area contributed by atoms with E-state index in [1.54, 1.807) is 24.3 Å². The molecule has 0 aliphatic carbocycles. The highest BCUT2D eigenvalue weighted by Crippen LogP contribution is 2.07. The Balaban J connectivity index is 2.64. The van der Waals surface area contributed by atoms with Crippen molar-refractivity contribution in [3.8, 4) is 0 Å². The smallest absolute Gasteiger partial charge is 0.248 e. The fraction of sp³-hybridized carbons (Fsp3) is 0.200. The van der Waals surface area contributed by atoms with Gasteiger partial charge in [0.05, 0.1) is 0 Å². The van der Waals surface area contributed by atoms with Gasteiger partial charge in [-0.2, -0.15) is 0 Å². The number of hydrogen-bond donors (Lipinski definition) is 2. The monoisotopic (exact) mass is 178 g/mol. The summed E-state index contributed by atoms with van der Waals surface area (Å²) in [6.07, 6.45) is 2.51. The van der Waals surface area contributed by atoms with Crippen LogP contribution in [-0.4, -0.2) is 17.6 Å². The number of primary amides is 1. The first-order valence-electron chi connectivity index (χ1n) is 4.08. The number of amides is 1. The van der Waals surface area contributed by atoms with Crippen molar-refractivity contribution >= 4 is 5.91 Å². The van der Waals surface area contributed by atoms with Crippen LogP contribution >= 0.6 is 0 Å². The van der Waals surface area contributed by atoms with Gasteiger partial charge in [0, 0.05) is 12.2 Å². The molecule has 0 aromatic heterocycles. The number of hydrogen-bond acceptors (Lipinski definition) is 2. The maximum atomic E-state index is 10.7. The van der Waals surface area contributed by atoms with Crippen LogP contribution in [-0.2, 0) is 0 Å². The number of nitrogens with two attached hydrogens (primary N) is 1. The Hall–Kier alpha value is -1.35. The second-order valence-electron chi connectivity index (χ2n) is 2.70. The molecule has 3 nitrogen and oxygen atoms in total. The molecule has 1 aromatic carbocycles. The Bertz CT molecular complexity index is 279. The van der Waals surface area contributed by atoms with Gasteiger partial charge in [0.2, 0.25) is 5.91 Å². The van der Waals surface area contributed by atoms with Gasteiger partial charge in [-0.1, -0.05) is 12.1 Å². The zero-order valence-electron chi connectivity index (χ0n) is 7.23. The Labute approximate surface area is 77.2 Å². The van der Waals surface area contributed by atoms with E-state index >= 15 is 0 Å². The molecule has 1 radical (unpaired) electrons. The molecule has 0 bridgehead atoms. The predicted octanol–water partition coefficient (Wildman–Crippen LogP) is 0.720. The summed E-state index contributed by atoms with van der Waals surface area (Å²) in [6, 6.07) is 6.95. The Morgan fingerprint density at radius 2 is 2.00 bits per heavy atom. The first-order chi connectivity index (χ1) is 6.24.